The topological polar surface area (TPSA) is 156 Å². The number of phenolic OH excluding ortho intramolecular Hbond substituents is 1. The summed E-state index contributed by atoms with van der Waals surface area (Å²) in [6.07, 6.45) is 2.82. The van der Waals surface area contributed by atoms with Gasteiger partial charge in [-0.2, -0.15) is 0 Å². The van der Waals surface area contributed by atoms with Gasteiger partial charge in [-0.15, -0.1) is 8.58 Å². The van der Waals surface area contributed by atoms with Gasteiger partial charge in [0, 0.05) is 22.6 Å². The molecule has 0 bridgehead atoms. The zero-order valence-corrected chi connectivity index (χ0v) is 26.5. The van der Waals surface area contributed by atoms with Crippen LogP contribution in [0.5, 0.6) is 5.75 Å². The van der Waals surface area contributed by atoms with Crippen LogP contribution in [0.3, 0.4) is 0 Å². The Morgan fingerprint density at radius 1 is 1.21 bits per heavy atom. The highest BCUT2D eigenvalue weighted by molar-refractivity contribution is 7.39. The number of Topliss-reactive ketones (excluding diaryl/α,β-unsaturated/α-hetero) is 1. The number of likely N-dealkylation sites (N-methyl/N-ethyl adjacent to an activating group) is 2. The van der Waals surface area contributed by atoms with E-state index in [4.69, 9.17) is 5.73 Å². The summed E-state index contributed by atoms with van der Waals surface area (Å²) in [6.45, 7) is 6.11. The molecule has 0 radical (unpaired) electrons. The van der Waals surface area contributed by atoms with Crippen LogP contribution in [-0.2, 0) is 16.0 Å². The number of primary amides is 1. The van der Waals surface area contributed by atoms with Gasteiger partial charge >= 0.3 is 0 Å². The number of ketones is 1. The molecule has 3 aliphatic carbocycles. The molecule has 234 valence electrons. The van der Waals surface area contributed by atoms with Crippen molar-refractivity contribution in [1.82, 2.24) is 9.80 Å². The average molecular weight is 617 g/mol. The van der Waals surface area contributed by atoms with Crippen molar-refractivity contribution < 1.29 is 34.1 Å². The summed E-state index contributed by atoms with van der Waals surface area (Å²) in [5, 5.41) is 36.4. The highest BCUT2D eigenvalue weighted by Gasteiger charge is 2.66. The molecule has 0 saturated carbocycles. The second-order valence-electron chi connectivity index (χ2n) is 13.1. The van der Waals surface area contributed by atoms with Gasteiger partial charge in [-0.1, -0.05) is 20.3 Å². The van der Waals surface area contributed by atoms with Crippen LogP contribution >= 0.6 is 8.58 Å². The van der Waals surface area contributed by atoms with Crippen molar-refractivity contribution in [1.29, 1.82) is 0 Å². The van der Waals surface area contributed by atoms with E-state index in [0.717, 1.165) is 25.5 Å². The minimum absolute atomic E-state index is 0.00219. The Kier molecular flexibility index (Phi) is 7.93. The molecule has 1 aromatic carbocycles. The SMILES string of the molecule is CP[C@]12C(O)=C3C(=O)c4c(O)c(NC(=O)[C@@H]5CCCCN5C)cc(F)c4C[C@H]3C[C@H]1[C@H](N(C)C)C(O)=C(C(N)=O)C2(C)C. The van der Waals surface area contributed by atoms with Crippen LogP contribution in [0.15, 0.2) is 28.7 Å². The number of likely N-dealkylation sites (tertiary alicyclic amines) is 1. The van der Waals surface area contributed by atoms with E-state index in [-0.39, 0.29) is 54.5 Å². The van der Waals surface area contributed by atoms with Crippen molar-refractivity contribution in [2.75, 3.05) is 39.7 Å². The number of aromatic hydroxyl groups is 1. The molecule has 1 unspecified atom stereocenters. The molecule has 1 heterocycles. The normalized spacial score (nSPS) is 30.8. The molecule has 5 rings (SSSR count). The summed E-state index contributed by atoms with van der Waals surface area (Å²) in [6, 6.07) is -0.0732. The Morgan fingerprint density at radius 2 is 1.88 bits per heavy atom. The van der Waals surface area contributed by atoms with Gasteiger partial charge in [0.1, 0.15) is 17.3 Å². The molecule has 6 N–H and O–H groups in total. The van der Waals surface area contributed by atoms with Crippen molar-refractivity contribution in [2.45, 2.75) is 63.2 Å². The smallest absolute Gasteiger partial charge is 0.248 e. The van der Waals surface area contributed by atoms with Crippen LogP contribution in [0.2, 0.25) is 0 Å². The number of piperidine rings is 1. The highest BCUT2D eigenvalue weighted by atomic mass is 31.1. The van der Waals surface area contributed by atoms with Gasteiger partial charge in [0.15, 0.2) is 11.5 Å². The standard InChI is InChI=1S/C31H42FN4O6P/c1-30(2)22(28(33)41)26(39)23(35(3)4)16-12-14-11-15-17(32)13-18(34-29(42)19-9-7-8-10-36(19)5)24(37)21(15)25(38)20(14)27(40)31(16,30)43-6/h13-14,16,19,23,37,39-40,43H,7-12H2,1-6H3,(H2,33,41)(H,34,42)/t14-,16-,19-,23-,31-/m0/s1. The van der Waals surface area contributed by atoms with Crippen molar-refractivity contribution in [2.24, 2.45) is 23.0 Å². The quantitative estimate of drug-likeness (QED) is 0.249. The summed E-state index contributed by atoms with van der Waals surface area (Å²) >= 11 is 0. The number of rotatable bonds is 5. The number of nitrogens with one attached hydrogen (secondary N) is 1. The molecule has 1 aliphatic heterocycles. The molecule has 1 aromatic rings. The van der Waals surface area contributed by atoms with Crippen molar-refractivity contribution in [3.8, 4) is 5.75 Å². The fourth-order valence-electron chi connectivity index (χ4n) is 8.52. The highest BCUT2D eigenvalue weighted by Crippen LogP contribution is 2.66. The number of allylic oxidation sites excluding steroid dienone is 2. The number of fused-ring (bicyclic) bond motifs is 3. The van der Waals surface area contributed by atoms with E-state index in [1.807, 2.05) is 18.6 Å². The number of benzene rings is 1. The van der Waals surface area contributed by atoms with Crippen LogP contribution in [-0.4, -0.2) is 94.3 Å². The number of carbonyl (C=O) groups is 3. The van der Waals surface area contributed by atoms with Crippen LogP contribution in [0, 0.1) is 23.1 Å². The number of aliphatic hydroxyl groups excluding tert-OH is 2. The van der Waals surface area contributed by atoms with Crippen LogP contribution in [0.4, 0.5) is 10.1 Å². The first-order valence-electron chi connectivity index (χ1n) is 14.7. The van der Waals surface area contributed by atoms with Gasteiger partial charge in [-0.3, -0.25) is 24.2 Å². The number of hydrogen-bond donors (Lipinski definition) is 5. The zero-order chi connectivity index (χ0) is 31.8. The van der Waals surface area contributed by atoms with E-state index >= 15 is 4.39 Å². The molecule has 43 heavy (non-hydrogen) atoms. The predicted molar refractivity (Wildman–Crippen MR) is 163 cm³/mol. The number of nitrogens with two attached hydrogens (primary N) is 1. The first-order valence-corrected chi connectivity index (χ1v) is 16.2. The average Bonchev–Trinajstić information content (AvgIpc) is 2.90. The lowest BCUT2D eigenvalue weighted by Crippen LogP contribution is -2.64. The number of aliphatic hydroxyl groups is 2. The molecule has 0 aromatic heterocycles. The molecule has 10 nitrogen and oxygen atoms in total. The number of nitrogens with zero attached hydrogens (tertiary/aromatic N) is 2. The number of halogens is 1. The van der Waals surface area contributed by atoms with Crippen LogP contribution < -0.4 is 11.1 Å². The Hall–Kier alpha value is -3.01. The number of phenols is 1. The van der Waals surface area contributed by atoms with Gasteiger partial charge in [0.05, 0.1) is 34.1 Å². The van der Waals surface area contributed by atoms with E-state index in [2.05, 4.69) is 5.32 Å². The van der Waals surface area contributed by atoms with E-state index < -0.39 is 63.7 Å². The largest absolute Gasteiger partial charge is 0.511 e. The summed E-state index contributed by atoms with van der Waals surface area (Å²) in [5.74, 6) is -4.58. The lowest BCUT2D eigenvalue weighted by atomic mass is 9.52. The molecular weight excluding hydrogens is 574 g/mol. The number of carbonyl (C=O) groups excluding carboxylic acids is 3. The Labute approximate surface area is 253 Å². The summed E-state index contributed by atoms with van der Waals surface area (Å²) in [5.41, 5.74) is 4.27. The van der Waals surface area contributed by atoms with Gasteiger partial charge < -0.3 is 26.4 Å². The number of anilines is 1. The monoisotopic (exact) mass is 616 g/mol. The van der Waals surface area contributed by atoms with Crippen LogP contribution in [0.25, 0.3) is 0 Å². The van der Waals surface area contributed by atoms with E-state index in [0.29, 0.717) is 12.8 Å². The lowest BCUT2D eigenvalue weighted by molar-refractivity contribution is -0.122. The fourth-order valence-corrected chi connectivity index (χ4v) is 10.3. The summed E-state index contributed by atoms with van der Waals surface area (Å²) in [7, 11) is 5.35. The van der Waals surface area contributed by atoms with Crippen molar-refractivity contribution >= 4 is 31.9 Å². The third-order valence-corrected chi connectivity index (χ3v) is 12.5. The van der Waals surface area contributed by atoms with Crippen molar-refractivity contribution in [3.63, 3.8) is 0 Å². The molecule has 4 aliphatic rings. The Bertz CT molecular complexity index is 1470. The third-order valence-electron chi connectivity index (χ3n) is 10.5. The van der Waals surface area contributed by atoms with Gasteiger partial charge in [-0.05, 0) is 71.9 Å². The molecule has 12 heteroatoms. The maximum atomic E-state index is 15.7. The molecule has 0 spiro atoms. The maximum absolute atomic E-state index is 15.7. The van der Waals surface area contributed by atoms with Gasteiger partial charge in [0.25, 0.3) is 0 Å². The van der Waals surface area contributed by atoms with Crippen molar-refractivity contribution in [3.05, 3.63) is 45.7 Å². The fraction of sp³-hybridized carbons (Fsp3) is 0.581. The lowest BCUT2D eigenvalue weighted by Gasteiger charge is -2.60. The predicted octanol–water partition coefficient (Wildman–Crippen LogP) is 3.46. The minimum Gasteiger partial charge on any atom is -0.511 e. The Balaban J connectivity index is 1.65. The Morgan fingerprint density at radius 3 is 2.47 bits per heavy atom. The maximum Gasteiger partial charge on any atom is 0.248 e. The molecule has 2 amide bonds. The van der Waals surface area contributed by atoms with E-state index in [1.54, 1.807) is 32.8 Å². The molecular formula is C31H42FN4O6P. The second-order valence-corrected chi connectivity index (χ2v) is 14.4. The molecule has 1 fully saturated rings. The summed E-state index contributed by atoms with van der Waals surface area (Å²) in [4.78, 5) is 43.8. The summed E-state index contributed by atoms with van der Waals surface area (Å²) < 4.78 is 15.7. The number of hydrogen-bond acceptors (Lipinski definition) is 8. The zero-order valence-electron chi connectivity index (χ0n) is 25.5. The van der Waals surface area contributed by atoms with Gasteiger partial charge in [0.2, 0.25) is 11.8 Å². The number of amides is 2. The first-order chi connectivity index (χ1) is 20.1. The third kappa shape index (κ3) is 4.41. The minimum atomic E-state index is -1.16. The van der Waals surface area contributed by atoms with E-state index in [9.17, 15) is 29.7 Å². The second kappa shape index (κ2) is 10.9. The van der Waals surface area contributed by atoms with Crippen LogP contribution in [0.1, 0.15) is 55.5 Å². The molecule has 6 atom stereocenters. The first kappa shape index (κ1) is 31.4. The van der Waals surface area contributed by atoms with Gasteiger partial charge in [-0.25, -0.2) is 4.39 Å². The van der Waals surface area contributed by atoms with E-state index in [1.165, 1.54) is 0 Å². The molecule has 1 saturated heterocycles.